The van der Waals surface area contributed by atoms with E-state index < -0.39 is 6.73 Å². The minimum Gasteiger partial charge on any atom is -0.211 e. The largest absolute Gasteiger partial charge is 0.211 e. The van der Waals surface area contributed by atoms with Gasteiger partial charge in [0.05, 0.1) is 0 Å². The molecule has 1 aromatic carbocycles. The number of hydrogen-bond acceptors (Lipinski definition) is 3. The predicted octanol–water partition coefficient (Wildman–Crippen LogP) is 1.63. The second-order valence-corrected chi connectivity index (χ2v) is 3.92. The van der Waals surface area contributed by atoms with Crippen LogP contribution in [0.2, 0.25) is 0 Å². The second kappa shape index (κ2) is 6.10. The summed E-state index contributed by atoms with van der Waals surface area (Å²) in [5.41, 5.74) is 1.34. The molecule has 0 atom stereocenters. The molecule has 0 fully saturated rings. The van der Waals surface area contributed by atoms with Crippen molar-refractivity contribution in [3.05, 3.63) is 41.7 Å². The normalized spacial score (nSPS) is 10.6. The molecule has 0 spiro atoms. The van der Waals surface area contributed by atoms with E-state index in [0.29, 0.717) is 5.82 Å². The monoisotopic (exact) mass is 231 g/mol. The van der Waals surface area contributed by atoms with Crippen molar-refractivity contribution in [1.29, 1.82) is 0 Å². The van der Waals surface area contributed by atoms with Crippen LogP contribution in [0.4, 0.5) is 0 Å². The van der Waals surface area contributed by atoms with Crippen molar-refractivity contribution in [2.45, 2.75) is 32.4 Å². The SMILES string of the molecule is [O]Cn1nnnc1CCCCc1ccccc1. The first-order valence-electron chi connectivity index (χ1n) is 5.77. The number of aromatic nitrogens is 4. The van der Waals surface area contributed by atoms with Gasteiger partial charge in [-0.25, -0.2) is 9.79 Å². The van der Waals surface area contributed by atoms with E-state index in [9.17, 15) is 5.11 Å². The van der Waals surface area contributed by atoms with Crippen molar-refractivity contribution in [3.63, 3.8) is 0 Å². The Morgan fingerprint density at radius 2 is 1.82 bits per heavy atom. The number of hydrogen-bond donors (Lipinski definition) is 0. The summed E-state index contributed by atoms with van der Waals surface area (Å²) in [5, 5.41) is 21.6. The molecule has 0 amide bonds. The Balaban J connectivity index is 1.73. The van der Waals surface area contributed by atoms with Gasteiger partial charge in [0.1, 0.15) is 0 Å². The van der Waals surface area contributed by atoms with Crippen LogP contribution in [-0.4, -0.2) is 20.2 Å². The molecule has 0 saturated carbocycles. The van der Waals surface area contributed by atoms with Gasteiger partial charge in [-0.3, -0.25) is 0 Å². The van der Waals surface area contributed by atoms with Crippen molar-refractivity contribution >= 4 is 0 Å². The molecular formula is C12H15N4O. The fourth-order valence-electron chi connectivity index (χ4n) is 1.76. The third kappa shape index (κ3) is 3.35. The molecule has 1 aromatic heterocycles. The average molecular weight is 231 g/mol. The summed E-state index contributed by atoms with van der Waals surface area (Å²) in [6, 6.07) is 10.4. The Kier molecular flexibility index (Phi) is 4.21. The topological polar surface area (TPSA) is 63.5 Å². The van der Waals surface area contributed by atoms with Crippen LogP contribution in [0.5, 0.6) is 0 Å². The lowest BCUT2D eigenvalue weighted by Gasteiger charge is -2.01. The van der Waals surface area contributed by atoms with Crippen molar-refractivity contribution in [1.82, 2.24) is 20.2 Å². The highest BCUT2D eigenvalue weighted by molar-refractivity contribution is 5.14. The first kappa shape index (κ1) is 11.7. The molecule has 0 unspecified atom stereocenters. The lowest BCUT2D eigenvalue weighted by molar-refractivity contribution is 0.103. The lowest BCUT2D eigenvalue weighted by atomic mass is 10.1. The van der Waals surface area contributed by atoms with Crippen LogP contribution in [0.25, 0.3) is 0 Å². The molecule has 0 bridgehead atoms. The number of tetrazole rings is 1. The van der Waals surface area contributed by atoms with Crippen molar-refractivity contribution < 1.29 is 5.11 Å². The third-order valence-corrected chi connectivity index (χ3v) is 2.69. The molecule has 0 aliphatic heterocycles. The highest BCUT2D eigenvalue weighted by atomic mass is 16.3. The Morgan fingerprint density at radius 1 is 1.06 bits per heavy atom. The zero-order valence-electron chi connectivity index (χ0n) is 9.62. The van der Waals surface area contributed by atoms with E-state index in [4.69, 9.17) is 0 Å². The Labute approximate surface area is 100 Å². The molecule has 2 rings (SSSR count). The van der Waals surface area contributed by atoms with Gasteiger partial charge in [0.15, 0.2) is 12.6 Å². The van der Waals surface area contributed by atoms with E-state index in [0.717, 1.165) is 25.7 Å². The quantitative estimate of drug-likeness (QED) is 0.710. The molecule has 0 aliphatic carbocycles. The van der Waals surface area contributed by atoms with Crippen LogP contribution in [0, 0.1) is 0 Å². The summed E-state index contributed by atoms with van der Waals surface area (Å²) in [5.74, 6) is 0.688. The van der Waals surface area contributed by atoms with Crippen molar-refractivity contribution in [2.24, 2.45) is 0 Å². The number of aryl methyl sites for hydroxylation is 2. The molecule has 5 nitrogen and oxygen atoms in total. The highest BCUT2D eigenvalue weighted by Crippen LogP contribution is 2.07. The Hall–Kier alpha value is -1.75. The van der Waals surface area contributed by atoms with Gasteiger partial charge < -0.3 is 0 Å². The predicted molar refractivity (Wildman–Crippen MR) is 61.6 cm³/mol. The van der Waals surface area contributed by atoms with Crippen LogP contribution < -0.4 is 0 Å². The molecule has 0 aliphatic rings. The number of nitrogens with zero attached hydrogens (tertiary/aromatic N) is 4. The maximum atomic E-state index is 10.7. The van der Waals surface area contributed by atoms with Crippen LogP contribution in [0.3, 0.4) is 0 Å². The zero-order valence-corrected chi connectivity index (χ0v) is 9.62. The van der Waals surface area contributed by atoms with Gasteiger partial charge in [-0.15, -0.1) is 5.10 Å². The summed E-state index contributed by atoms with van der Waals surface area (Å²) in [6.07, 6.45) is 3.90. The van der Waals surface area contributed by atoms with Crippen molar-refractivity contribution in [3.8, 4) is 0 Å². The summed E-state index contributed by atoms with van der Waals surface area (Å²) in [7, 11) is 0. The van der Waals surface area contributed by atoms with Gasteiger partial charge in [0.2, 0.25) is 0 Å². The summed E-state index contributed by atoms with van der Waals surface area (Å²) in [4.78, 5) is 0. The van der Waals surface area contributed by atoms with Crippen molar-refractivity contribution in [2.75, 3.05) is 0 Å². The molecule has 0 saturated heterocycles. The van der Waals surface area contributed by atoms with E-state index >= 15 is 0 Å². The first-order chi connectivity index (χ1) is 8.40. The van der Waals surface area contributed by atoms with E-state index in [-0.39, 0.29) is 0 Å². The Bertz CT molecular complexity index is 441. The molecule has 1 radical (unpaired) electrons. The minimum absolute atomic E-state index is 0.402. The van der Waals surface area contributed by atoms with Gasteiger partial charge in [-0.2, -0.15) is 0 Å². The average Bonchev–Trinajstić information content (AvgIpc) is 2.83. The molecule has 17 heavy (non-hydrogen) atoms. The third-order valence-electron chi connectivity index (χ3n) is 2.69. The highest BCUT2D eigenvalue weighted by Gasteiger charge is 2.04. The fourth-order valence-corrected chi connectivity index (χ4v) is 1.76. The summed E-state index contributed by atoms with van der Waals surface area (Å²) < 4.78 is 1.31. The fraction of sp³-hybridized carbons (Fsp3) is 0.417. The summed E-state index contributed by atoms with van der Waals surface area (Å²) >= 11 is 0. The standard InChI is InChI=1S/C12H15N4O/c17-10-16-12(13-14-15-16)9-5-4-8-11-6-2-1-3-7-11/h1-3,6-7H,4-5,8-10H2. The van der Waals surface area contributed by atoms with Crippen LogP contribution in [-0.2, 0) is 24.7 Å². The second-order valence-electron chi connectivity index (χ2n) is 3.92. The van der Waals surface area contributed by atoms with Crippen LogP contribution in [0.15, 0.2) is 30.3 Å². The van der Waals surface area contributed by atoms with E-state index in [1.165, 1.54) is 10.2 Å². The smallest absolute Gasteiger partial charge is 0.178 e. The number of unbranched alkanes of at least 4 members (excludes halogenated alkanes) is 1. The maximum absolute atomic E-state index is 10.7. The molecule has 0 N–H and O–H groups in total. The molecule has 89 valence electrons. The maximum Gasteiger partial charge on any atom is 0.178 e. The van der Waals surface area contributed by atoms with Gasteiger partial charge in [-0.1, -0.05) is 30.3 Å². The minimum atomic E-state index is -0.402. The summed E-state index contributed by atoms with van der Waals surface area (Å²) in [6.45, 7) is -0.402. The molecule has 5 heteroatoms. The van der Waals surface area contributed by atoms with Gasteiger partial charge in [-0.05, 0) is 35.3 Å². The van der Waals surface area contributed by atoms with E-state index in [2.05, 4.69) is 27.7 Å². The van der Waals surface area contributed by atoms with Crippen LogP contribution >= 0.6 is 0 Å². The molecule has 2 aromatic rings. The van der Waals surface area contributed by atoms with E-state index in [1.807, 2.05) is 18.2 Å². The van der Waals surface area contributed by atoms with Gasteiger partial charge >= 0.3 is 0 Å². The van der Waals surface area contributed by atoms with Gasteiger partial charge in [0.25, 0.3) is 0 Å². The van der Waals surface area contributed by atoms with Gasteiger partial charge in [0, 0.05) is 6.42 Å². The molecule has 1 heterocycles. The number of benzene rings is 1. The lowest BCUT2D eigenvalue weighted by Crippen LogP contribution is -2.04. The molecular weight excluding hydrogens is 216 g/mol. The first-order valence-corrected chi connectivity index (χ1v) is 5.77. The Morgan fingerprint density at radius 3 is 2.59 bits per heavy atom. The van der Waals surface area contributed by atoms with E-state index in [1.54, 1.807) is 0 Å². The van der Waals surface area contributed by atoms with Crippen LogP contribution in [0.1, 0.15) is 24.2 Å². The zero-order chi connectivity index (χ0) is 11.9. The number of rotatable bonds is 6.